The maximum atomic E-state index is 16.1. The van der Waals surface area contributed by atoms with Crippen molar-refractivity contribution >= 4 is 33.4 Å². The maximum absolute atomic E-state index is 16.1. The van der Waals surface area contributed by atoms with Gasteiger partial charge in [-0.25, -0.2) is 14.4 Å². The summed E-state index contributed by atoms with van der Waals surface area (Å²) in [6.45, 7) is 1.69. The summed E-state index contributed by atoms with van der Waals surface area (Å²) in [6, 6.07) is 7.95. The highest BCUT2D eigenvalue weighted by atomic mass is 32.1. The van der Waals surface area contributed by atoms with Gasteiger partial charge in [-0.1, -0.05) is 18.9 Å². The van der Waals surface area contributed by atoms with E-state index in [0.29, 0.717) is 40.2 Å². The third-order valence-corrected chi connectivity index (χ3v) is 8.16. The lowest BCUT2D eigenvalue weighted by atomic mass is 10.1. The largest absolute Gasteiger partial charge is 0.335 e. The van der Waals surface area contributed by atoms with Gasteiger partial charge in [0.15, 0.2) is 17.3 Å². The lowest BCUT2D eigenvalue weighted by Crippen LogP contribution is -2.20. The van der Waals surface area contributed by atoms with Crippen molar-refractivity contribution in [2.24, 2.45) is 5.92 Å². The van der Waals surface area contributed by atoms with Crippen molar-refractivity contribution < 1.29 is 4.39 Å². The average Bonchev–Trinajstić information content (AvgIpc) is 3.75. The fourth-order valence-electron chi connectivity index (χ4n) is 5.36. The molecule has 8 nitrogen and oxygen atoms in total. The van der Waals surface area contributed by atoms with Crippen molar-refractivity contribution in [3.63, 3.8) is 0 Å². The minimum absolute atomic E-state index is 0.235. The number of hydrogen-bond acceptors (Lipinski definition) is 7. The molecule has 0 bridgehead atoms. The van der Waals surface area contributed by atoms with Gasteiger partial charge in [-0.15, -0.1) is 11.3 Å². The molecule has 0 radical (unpaired) electrons. The Morgan fingerprint density at radius 1 is 1.08 bits per heavy atom. The molecule has 6 aromatic heterocycles. The quantitative estimate of drug-likeness (QED) is 0.233. The van der Waals surface area contributed by atoms with Crippen LogP contribution in [-0.2, 0) is 6.54 Å². The Morgan fingerprint density at radius 3 is 2.87 bits per heavy atom. The number of nitrogens with zero attached hydrogens (tertiary/aromatic N) is 5. The lowest BCUT2D eigenvalue weighted by molar-refractivity contribution is 0.489. The summed E-state index contributed by atoms with van der Waals surface area (Å²) < 4.78 is 16.1. The number of hydrogen-bond donors (Lipinski definition) is 3. The van der Waals surface area contributed by atoms with Gasteiger partial charge in [0.25, 0.3) is 0 Å². The number of pyridine rings is 3. The second-order valence-corrected chi connectivity index (χ2v) is 10.7. The summed E-state index contributed by atoms with van der Waals surface area (Å²) in [5, 5.41) is 13.2. The normalized spacial score (nSPS) is 14.2. The number of halogens is 1. The molecule has 0 aliphatic heterocycles. The van der Waals surface area contributed by atoms with Gasteiger partial charge in [0, 0.05) is 41.1 Å². The Hall–Kier alpha value is -4.02. The predicted molar refractivity (Wildman–Crippen MR) is 147 cm³/mol. The van der Waals surface area contributed by atoms with Crippen molar-refractivity contribution in [2.45, 2.75) is 32.2 Å². The molecule has 3 N–H and O–H groups in total. The minimum Gasteiger partial charge on any atom is -0.335 e. The summed E-state index contributed by atoms with van der Waals surface area (Å²) >= 11 is 1.64. The monoisotopic (exact) mass is 524 g/mol. The Morgan fingerprint density at radius 2 is 2.00 bits per heavy atom. The molecule has 0 atom stereocenters. The first-order valence-electron chi connectivity index (χ1n) is 12.8. The number of thiophene rings is 1. The summed E-state index contributed by atoms with van der Waals surface area (Å²) in [5.74, 6) is 0.736. The number of fused-ring (bicyclic) bond motifs is 2. The summed E-state index contributed by atoms with van der Waals surface area (Å²) in [7, 11) is 0. The number of imidazole rings is 1. The molecule has 1 saturated carbocycles. The molecule has 1 aliphatic rings. The van der Waals surface area contributed by atoms with Gasteiger partial charge in [-0.05, 0) is 54.4 Å². The molecule has 38 heavy (non-hydrogen) atoms. The van der Waals surface area contributed by atoms with Crippen LogP contribution in [0.5, 0.6) is 0 Å². The van der Waals surface area contributed by atoms with Crippen molar-refractivity contribution in [3.8, 4) is 33.2 Å². The molecule has 0 unspecified atom stereocenters. The second-order valence-electron chi connectivity index (χ2n) is 9.76. The SMILES string of the molecule is Fc1c(-c2cncc(CNCC3CCCC3)c2)ncc2[nH]nc(-c3nc4nccc(-c5cccs5)c4[nH]3)c12. The zero-order valence-electron chi connectivity index (χ0n) is 20.5. The molecule has 7 rings (SSSR count). The van der Waals surface area contributed by atoms with Crippen LogP contribution in [0.1, 0.15) is 31.2 Å². The highest BCUT2D eigenvalue weighted by Gasteiger charge is 2.22. The van der Waals surface area contributed by atoms with Crippen molar-refractivity contribution in [1.29, 1.82) is 0 Å². The van der Waals surface area contributed by atoms with Crippen LogP contribution in [0, 0.1) is 11.7 Å². The molecular formula is C28H25FN8S. The molecule has 10 heteroatoms. The number of aromatic nitrogens is 7. The van der Waals surface area contributed by atoms with Gasteiger partial charge in [0.1, 0.15) is 11.4 Å². The van der Waals surface area contributed by atoms with Gasteiger partial charge >= 0.3 is 0 Å². The fourth-order valence-corrected chi connectivity index (χ4v) is 6.11. The van der Waals surface area contributed by atoms with Crippen LogP contribution in [-0.4, -0.2) is 41.7 Å². The van der Waals surface area contributed by atoms with Crippen molar-refractivity contribution in [1.82, 2.24) is 40.4 Å². The van der Waals surface area contributed by atoms with Crippen LogP contribution >= 0.6 is 11.3 Å². The van der Waals surface area contributed by atoms with E-state index in [9.17, 15) is 0 Å². The first-order valence-corrected chi connectivity index (χ1v) is 13.7. The van der Waals surface area contributed by atoms with Gasteiger partial charge in [-0.3, -0.25) is 15.1 Å². The van der Waals surface area contributed by atoms with Gasteiger partial charge < -0.3 is 10.3 Å². The standard InChI is InChI=1S/C28H25FN8S/c29-23-22-20(15-33-24(23)18-10-17(13-31-14-18)12-30-11-16-4-1-2-5-16)36-37-26(22)28-34-25-19(21-6-3-9-38-21)7-8-32-27(25)35-28/h3,6-10,13-16,30H,1-2,4-5,11-12H2,(H,36,37)(H,32,34,35). The fraction of sp³-hybridized carbons (Fsp3) is 0.250. The predicted octanol–water partition coefficient (Wildman–Crippen LogP) is 6.11. The molecule has 0 saturated heterocycles. The molecule has 0 aromatic carbocycles. The van der Waals surface area contributed by atoms with Crippen LogP contribution < -0.4 is 5.32 Å². The third-order valence-electron chi connectivity index (χ3n) is 7.25. The van der Waals surface area contributed by atoms with E-state index in [0.717, 1.165) is 34.0 Å². The molecule has 0 spiro atoms. The highest BCUT2D eigenvalue weighted by Crippen LogP contribution is 2.35. The van der Waals surface area contributed by atoms with E-state index >= 15 is 4.39 Å². The van der Waals surface area contributed by atoms with Crippen molar-refractivity contribution in [2.75, 3.05) is 6.54 Å². The molecule has 190 valence electrons. The molecular weight excluding hydrogens is 499 g/mol. The number of H-pyrrole nitrogens is 2. The van der Waals surface area contributed by atoms with E-state index < -0.39 is 5.82 Å². The third kappa shape index (κ3) is 4.15. The molecule has 6 heterocycles. The first-order chi connectivity index (χ1) is 18.7. The Kier molecular flexibility index (Phi) is 5.90. The number of aromatic amines is 2. The van der Waals surface area contributed by atoms with E-state index in [1.54, 1.807) is 29.9 Å². The smallest absolute Gasteiger partial charge is 0.178 e. The van der Waals surface area contributed by atoms with Crippen LogP contribution in [0.15, 0.2) is 54.4 Å². The van der Waals surface area contributed by atoms with E-state index in [4.69, 9.17) is 0 Å². The van der Waals surface area contributed by atoms with E-state index in [-0.39, 0.29) is 5.69 Å². The van der Waals surface area contributed by atoms with E-state index in [1.165, 1.54) is 25.7 Å². The maximum Gasteiger partial charge on any atom is 0.178 e. The van der Waals surface area contributed by atoms with Gasteiger partial charge in [0.05, 0.1) is 22.6 Å². The van der Waals surface area contributed by atoms with Crippen LogP contribution in [0.2, 0.25) is 0 Å². The zero-order valence-corrected chi connectivity index (χ0v) is 21.4. The Bertz CT molecular complexity index is 1730. The molecule has 1 fully saturated rings. The number of rotatable bonds is 7. The van der Waals surface area contributed by atoms with Crippen molar-refractivity contribution in [3.05, 3.63) is 65.8 Å². The number of nitrogens with one attached hydrogen (secondary N) is 3. The van der Waals surface area contributed by atoms with E-state index in [2.05, 4.69) is 40.4 Å². The highest BCUT2D eigenvalue weighted by molar-refractivity contribution is 7.13. The van der Waals surface area contributed by atoms with Crippen LogP contribution in [0.25, 0.3) is 55.3 Å². The van der Waals surface area contributed by atoms with E-state index in [1.807, 2.05) is 35.8 Å². The minimum atomic E-state index is -0.462. The summed E-state index contributed by atoms with van der Waals surface area (Å²) in [5.41, 5.74) is 5.09. The average molecular weight is 525 g/mol. The Labute approximate surface area is 221 Å². The summed E-state index contributed by atoms with van der Waals surface area (Å²) in [6.07, 6.45) is 12.0. The second kappa shape index (κ2) is 9.70. The van der Waals surface area contributed by atoms with Crippen LogP contribution in [0.4, 0.5) is 4.39 Å². The van der Waals surface area contributed by atoms with Gasteiger partial charge in [0.2, 0.25) is 0 Å². The lowest BCUT2D eigenvalue weighted by Gasteiger charge is -2.11. The topological polar surface area (TPSA) is 108 Å². The molecule has 0 amide bonds. The molecule has 1 aliphatic carbocycles. The van der Waals surface area contributed by atoms with Crippen LogP contribution in [0.3, 0.4) is 0 Å². The molecule has 6 aromatic rings. The van der Waals surface area contributed by atoms with Gasteiger partial charge in [-0.2, -0.15) is 5.10 Å². The first kappa shape index (κ1) is 23.1. The summed E-state index contributed by atoms with van der Waals surface area (Å²) in [4.78, 5) is 22.3. The Balaban J connectivity index is 1.23. The zero-order chi connectivity index (χ0) is 25.5.